The van der Waals surface area contributed by atoms with Gasteiger partial charge in [-0.15, -0.1) is 0 Å². The van der Waals surface area contributed by atoms with Gasteiger partial charge < -0.3 is 10.6 Å². The molecule has 1 aromatic rings. The summed E-state index contributed by atoms with van der Waals surface area (Å²) < 4.78 is 46.6. The highest BCUT2D eigenvalue weighted by Crippen LogP contribution is 2.30. The van der Waals surface area contributed by atoms with Crippen LogP contribution in [0.2, 0.25) is 0 Å². The topological polar surface area (TPSA) is 97.5 Å². The third-order valence-electron chi connectivity index (χ3n) is 3.01. The fourth-order valence-electron chi connectivity index (χ4n) is 1.99. The summed E-state index contributed by atoms with van der Waals surface area (Å²) in [5, 5.41) is 0. The van der Waals surface area contributed by atoms with Gasteiger partial charge in [-0.1, -0.05) is 0 Å². The molecule has 1 heterocycles. The fourth-order valence-corrected chi connectivity index (χ4v) is 3.63. The molecular weight excluding hydrogens is 288 g/mol. The van der Waals surface area contributed by atoms with Crippen molar-refractivity contribution >= 4 is 25.4 Å². The maximum Gasteiger partial charge on any atom is 0.177 e. The van der Waals surface area contributed by atoms with Crippen LogP contribution in [-0.4, -0.2) is 48.5 Å². The number of rotatable bonds is 3. The van der Waals surface area contributed by atoms with Gasteiger partial charge in [0.05, 0.1) is 15.5 Å². The van der Waals surface area contributed by atoms with Crippen molar-refractivity contribution < 1.29 is 16.8 Å². The Morgan fingerprint density at radius 1 is 1.11 bits per heavy atom. The van der Waals surface area contributed by atoms with Gasteiger partial charge in [-0.05, 0) is 18.2 Å². The van der Waals surface area contributed by atoms with Crippen LogP contribution in [0.4, 0.5) is 5.69 Å². The summed E-state index contributed by atoms with van der Waals surface area (Å²) in [7, 11) is -6.94. The molecule has 2 rings (SSSR count). The van der Waals surface area contributed by atoms with Crippen molar-refractivity contribution in [2.24, 2.45) is 5.73 Å². The second kappa shape index (κ2) is 4.46. The van der Waals surface area contributed by atoms with Gasteiger partial charge in [-0.3, -0.25) is 0 Å². The predicted octanol–water partition coefficient (Wildman–Crippen LogP) is -0.359. The van der Waals surface area contributed by atoms with E-state index in [1.807, 2.05) is 4.90 Å². The van der Waals surface area contributed by atoms with Crippen LogP contribution in [0.1, 0.15) is 0 Å². The molecule has 1 aliphatic rings. The lowest BCUT2D eigenvalue weighted by Crippen LogP contribution is -2.56. The van der Waals surface area contributed by atoms with E-state index < -0.39 is 19.7 Å². The number of hydrogen-bond acceptors (Lipinski definition) is 6. The Labute approximate surface area is 113 Å². The zero-order valence-corrected chi connectivity index (χ0v) is 12.3. The van der Waals surface area contributed by atoms with E-state index in [1.54, 1.807) is 0 Å². The number of anilines is 1. The normalized spacial score (nSPS) is 17.3. The van der Waals surface area contributed by atoms with Gasteiger partial charge in [0.25, 0.3) is 0 Å². The molecule has 0 unspecified atom stereocenters. The van der Waals surface area contributed by atoms with Gasteiger partial charge >= 0.3 is 0 Å². The number of nitrogens with two attached hydrogens (primary N) is 1. The van der Waals surface area contributed by atoms with Crippen molar-refractivity contribution in [2.75, 3.05) is 30.5 Å². The Hall–Kier alpha value is -1.12. The summed E-state index contributed by atoms with van der Waals surface area (Å²) in [5.74, 6) is 0. The molecule has 2 N–H and O–H groups in total. The third-order valence-corrected chi connectivity index (χ3v) is 5.25. The van der Waals surface area contributed by atoms with Crippen LogP contribution in [0.3, 0.4) is 0 Å². The van der Waals surface area contributed by atoms with Gasteiger partial charge in [0.15, 0.2) is 19.7 Å². The van der Waals surface area contributed by atoms with E-state index in [1.165, 1.54) is 18.2 Å². The smallest absolute Gasteiger partial charge is 0.177 e. The number of hydrogen-bond donors (Lipinski definition) is 1. The first-order valence-electron chi connectivity index (χ1n) is 5.64. The van der Waals surface area contributed by atoms with Crippen LogP contribution in [0.15, 0.2) is 28.0 Å². The van der Waals surface area contributed by atoms with Gasteiger partial charge in [0.2, 0.25) is 0 Å². The van der Waals surface area contributed by atoms with E-state index in [9.17, 15) is 16.8 Å². The van der Waals surface area contributed by atoms with Gasteiger partial charge in [0.1, 0.15) is 0 Å². The van der Waals surface area contributed by atoms with E-state index in [0.29, 0.717) is 18.8 Å². The Kier molecular flexibility index (Phi) is 3.36. The van der Waals surface area contributed by atoms with E-state index in [4.69, 9.17) is 5.73 Å². The fraction of sp³-hybridized carbons (Fsp3) is 0.455. The molecule has 0 spiro atoms. The van der Waals surface area contributed by atoms with Crippen LogP contribution in [-0.2, 0) is 19.7 Å². The predicted molar refractivity (Wildman–Crippen MR) is 72.9 cm³/mol. The molecule has 0 aromatic heterocycles. The lowest BCUT2D eigenvalue weighted by atomic mass is 10.1. The molecule has 0 bridgehead atoms. The molecule has 19 heavy (non-hydrogen) atoms. The van der Waals surface area contributed by atoms with E-state index in [2.05, 4.69) is 0 Å². The summed E-state index contributed by atoms with van der Waals surface area (Å²) in [4.78, 5) is 1.86. The molecule has 1 fully saturated rings. The SMILES string of the molecule is CS(=O)(=O)c1ccc(N2CC(N)C2)c(S(C)(=O)=O)c1. The monoisotopic (exact) mass is 304 g/mol. The largest absolute Gasteiger partial charge is 0.367 e. The molecule has 0 radical (unpaired) electrons. The second-order valence-electron chi connectivity index (χ2n) is 4.84. The molecule has 0 saturated carbocycles. The van der Waals surface area contributed by atoms with Crippen LogP contribution in [0.5, 0.6) is 0 Å². The Bertz CT molecular complexity index is 704. The Morgan fingerprint density at radius 2 is 1.68 bits per heavy atom. The zero-order valence-electron chi connectivity index (χ0n) is 10.7. The standard InChI is InChI=1S/C11H16N2O4S2/c1-18(14,15)9-3-4-10(13-6-8(12)7-13)11(5-9)19(2,16)17/h3-5,8H,6-7,12H2,1-2H3. The molecule has 1 saturated heterocycles. The average Bonchev–Trinajstić information content (AvgIpc) is 2.21. The third kappa shape index (κ3) is 2.90. The lowest BCUT2D eigenvalue weighted by Gasteiger charge is -2.39. The maximum atomic E-state index is 11.8. The Morgan fingerprint density at radius 3 is 2.11 bits per heavy atom. The first kappa shape index (κ1) is 14.3. The summed E-state index contributed by atoms with van der Waals surface area (Å²) in [6.45, 7) is 1.14. The molecule has 1 aromatic carbocycles. The number of benzene rings is 1. The second-order valence-corrected chi connectivity index (χ2v) is 8.84. The average molecular weight is 304 g/mol. The molecule has 0 amide bonds. The first-order valence-corrected chi connectivity index (χ1v) is 9.42. The van der Waals surface area contributed by atoms with Crippen LogP contribution >= 0.6 is 0 Å². The van der Waals surface area contributed by atoms with Crippen LogP contribution < -0.4 is 10.6 Å². The molecule has 8 heteroatoms. The minimum Gasteiger partial charge on any atom is -0.367 e. The highest BCUT2D eigenvalue weighted by molar-refractivity contribution is 7.91. The molecule has 1 aliphatic heterocycles. The zero-order chi connectivity index (χ0) is 14.4. The number of sulfone groups is 2. The van der Waals surface area contributed by atoms with Crippen molar-refractivity contribution in [3.8, 4) is 0 Å². The van der Waals surface area contributed by atoms with Gasteiger partial charge in [0, 0.05) is 31.6 Å². The van der Waals surface area contributed by atoms with Crippen molar-refractivity contribution in [2.45, 2.75) is 15.8 Å². The number of nitrogens with zero attached hydrogens (tertiary/aromatic N) is 1. The van der Waals surface area contributed by atoms with Crippen molar-refractivity contribution in [3.05, 3.63) is 18.2 Å². The highest BCUT2D eigenvalue weighted by Gasteiger charge is 2.28. The van der Waals surface area contributed by atoms with Crippen LogP contribution in [0.25, 0.3) is 0 Å². The highest BCUT2D eigenvalue weighted by atomic mass is 32.2. The van der Waals surface area contributed by atoms with Crippen LogP contribution in [0, 0.1) is 0 Å². The summed E-state index contributed by atoms with van der Waals surface area (Å²) >= 11 is 0. The van der Waals surface area contributed by atoms with Crippen molar-refractivity contribution in [3.63, 3.8) is 0 Å². The van der Waals surface area contributed by atoms with Gasteiger partial charge in [-0.25, -0.2) is 16.8 Å². The minimum atomic E-state index is -3.50. The summed E-state index contributed by atoms with van der Waals surface area (Å²) in [6.07, 6.45) is 2.12. The van der Waals surface area contributed by atoms with Gasteiger partial charge in [-0.2, -0.15) is 0 Å². The summed E-state index contributed by atoms with van der Waals surface area (Å²) in [5.41, 5.74) is 6.19. The molecule has 0 atom stereocenters. The van der Waals surface area contributed by atoms with E-state index >= 15 is 0 Å². The lowest BCUT2D eigenvalue weighted by molar-refractivity contribution is 0.515. The molecular formula is C11H16N2O4S2. The van der Waals surface area contributed by atoms with Crippen molar-refractivity contribution in [1.82, 2.24) is 0 Å². The van der Waals surface area contributed by atoms with E-state index in [0.717, 1.165) is 12.5 Å². The first-order chi connectivity index (χ1) is 8.59. The maximum absolute atomic E-state index is 11.8. The summed E-state index contributed by atoms with van der Waals surface area (Å²) in [6, 6.07) is 4.19. The molecule has 6 nitrogen and oxygen atoms in total. The molecule has 0 aliphatic carbocycles. The molecule has 106 valence electrons. The van der Waals surface area contributed by atoms with Crippen molar-refractivity contribution in [1.29, 1.82) is 0 Å². The quantitative estimate of drug-likeness (QED) is 0.819. The Balaban J connectivity index is 2.57. The minimum absolute atomic E-state index is 0.00139. The van der Waals surface area contributed by atoms with E-state index in [-0.39, 0.29) is 15.8 Å².